The molecule has 0 spiro atoms. The van der Waals surface area contributed by atoms with E-state index in [0.29, 0.717) is 0 Å². The Morgan fingerprint density at radius 2 is 1.92 bits per heavy atom. The van der Waals surface area contributed by atoms with E-state index in [2.05, 4.69) is 18.8 Å². The molecule has 0 unspecified atom stereocenters. The zero-order valence-corrected chi connectivity index (χ0v) is 8.33. The lowest BCUT2D eigenvalue weighted by Crippen LogP contribution is -2.17. The van der Waals surface area contributed by atoms with Crippen LogP contribution < -0.4 is 0 Å². The topological polar surface area (TPSA) is 33.1 Å². The van der Waals surface area contributed by atoms with Gasteiger partial charge in [-0.2, -0.15) is 0 Å². The Hall–Kier alpha value is -0.890. The number of hydrogen-bond donors (Lipinski definition) is 1. The van der Waals surface area contributed by atoms with E-state index in [1.807, 2.05) is 24.5 Å². The molecular formula is C11H17NO. The van der Waals surface area contributed by atoms with E-state index in [1.54, 1.807) is 0 Å². The van der Waals surface area contributed by atoms with Crippen LogP contribution in [-0.4, -0.2) is 16.7 Å². The molecule has 0 aliphatic rings. The third-order valence-electron chi connectivity index (χ3n) is 2.42. The van der Waals surface area contributed by atoms with Gasteiger partial charge in [0.05, 0.1) is 0 Å². The van der Waals surface area contributed by atoms with E-state index < -0.39 is 0 Å². The van der Waals surface area contributed by atoms with Crippen molar-refractivity contribution < 1.29 is 5.11 Å². The van der Waals surface area contributed by atoms with Gasteiger partial charge in [-0.05, 0) is 36.0 Å². The van der Waals surface area contributed by atoms with Gasteiger partial charge < -0.3 is 5.11 Å². The first-order valence-corrected chi connectivity index (χ1v) is 4.68. The maximum absolute atomic E-state index is 8.76. The van der Waals surface area contributed by atoms with Gasteiger partial charge in [0.1, 0.15) is 0 Å². The number of aliphatic hydroxyl groups excluding tert-OH is 1. The fourth-order valence-electron chi connectivity index (χ4n) is 1.47. The van der Waals surface area contributed by atoms with Gasteiger partial charge in [-0.1, -0.05) is 13.8 Å². The third-order valence-corrected chi connectivity index (χ3v) is 2.42. The van der Waals surface area contributed by atoms with Crippen molar-refractivity contribution in [2.24, 2.45) is 0 Å². The molecule has 1 aromatic heterocycles. The minimum absolute atomic E-state index is 0.145. The molecule has 1 rings (SSSR count). The highest BCUT2D eigenvalue weighted by molar-refractivity contribution is 5.20. The molecule has 1 heterocycles. The second-order valence-electron chi connectivity index (χ2n) is 3.95. The molecule has 0 saturated heterocycles. The highest BCUT2D eigenvalue weighted by Gasteiger charge is 2.19. The summed E-state index contributed by atoms with van der Waals surface area (Å²) in [5.74, 6) is 0. The Morgan fingerprint density at radius 1 is 1.31 bits per heavy atom. The summed E-state index contributed by atoms with van der Waals surface area (Å²) in [6.07, 6.45) is 5.49. The predicted molar refractivity (Wildman–Crippen MR) is 53.6 cm³/mol. The van der Waals surface area contributed by atoms with Crippen molar-refractivity contribution in [3.63, 3.8) is 0 Å². The lowest BCUT2D eigenvalue weighted by atomic mass is 9.81. The molecule has 2 nitrogen and oxygen atoms in total. The number of nitrogens with zero attached hydrogens (tertiary/aromatic N) is 1. The number of aromatic nitrogens is 1. The van der Waals surface area contributed by atoms with Gasteiger partial charge in [-0.3, -0.25) is 4.98 Å². The highest BCUT2D eigenvalue weighted by atomic mass is 16.2. The number of rotatable bonds is 4. The van der Waals surface area contributed by atoms with E-state index >= 15 is 0 Å². The van der Waals surface area contributed by atoms with Gasteiger partial charge in [0.15, 0.2) is 0 Å². The molecule has 0 aromatic carbocycles. The number of aliphatic hydroxyl groups is 1. The second-order valence-corrected chi connectivity index (χ2v) is 3.95. The molecule has 0 fully saturated rings. The first-order valence-electron chi connectivity index (χ1n) is 4.68. The molecule has 0 bridgehead atoms. The summed E-state index contributed by atoms with van der Waals surface area (Å²) in [7, 11) is 0. The molecule has 72 valence electrons. The van der Waals surface area contributed by atoms with Crippen LogP contribution in [0.4, 0.5) is 0 Å². The van der Waals surface area contributed by atoms with Gasteiger partial charge in [0.25, 0.3) is 0 Å². The molecule has 0 saturated carbocycles. The summed E-state index contributed by atoms with van der Waals surface area (Å²) in [5.41, 5.74) is 1.43. The van der Waals surface area contributed by atoms with Gasteiger partial charge in [0.2, 0.25) is 0 Å². The van der Waals surface area contributed by atoms with Gasteiger partial charge in [-0.15, -0.1) is 0 Å². The lowest BCUT2D eigenvalue weighted by molar-refractivity contribution is 0.268. The first-order chi connectivity index (χ1) is 6.17. The Kier molecular flexibility index (Phi) is 3.43. The zero-order valence-electron chi connectivity index (χ0n) is 8.33. The van der Waals surface area contributed by atoms with Crippen molar-refractivity contribution in [2.45, 2.75) is 32.1 Å². The quantitative estimate of drug-likeness (QED) is 0.768. The van der Waals surface area contributed by atoms with Crippen molar-refractivity contribution in [1.29, 1.82) is 0 Å². The minimum atomic E-state index is 0.145. The summed E-state index contributed by atoms with van der Waals surface area (Å²) in [6.45, 7) is 4.66. The average Bonchev–Trinajstić information content (AvgIpc) is 2.16. The zero-order chi connectivity index (χ0) is 9.73. The standard InChI is InChI=1S/C11H17NO/c1-11(2,6-3-9-13)10-4-7-12-8-5-10/h4-5,7-8,13H,3,6,9H2,1-2H3. The van der Waals surface area contributed by atoms with E-state index in [9.17, 15) is 0 Å². The monoisotopic (exact) mass is 179 g/mol. The van der Waals surface area contributed by atoms with Crippen molar-refractivity contribution in [3.8, 4) is 0 Å². The molecular weight excluding hydrogens is 162 g/mol. The van der Waals surface area contributed by atoms with E-state index in [1.165, 1.54) is 5.56 Å². The lowest BCUT2D eigenvalue weighted by Gasteiger charge is -2.24. The average molecular weight is 179 g/mol. The maximum Gasteiger partial charge on any atom is 0.0431 e. The molecule has 0 aliphatic heterocycles. The highest BCUT2D eigenvalue weighted by Crippen LogP contribution is 2.27. The molecule has 13 heavy (non-hydrogen) atoms. The van der Waals surface area contributed by atoms with Crippen molar-refractivity contribution in [3.05, 3.63) is 30.1 Å². The predicted octanol–water partition coefficient (Wildman–Crippen LogP) is 2.13. The summed E-state index contributed by atoms with van der Waals surface area (Å²) in [4.78, 5) is 3.99. The molecule has 0 aliphatic carbocycles. The Labute approximate surface area is 79.6 Å². The molecule has 1 aromatic rings. The summed E-state index contributed by atoms with van der Waals surface area (Å²) in [6, 6.07) is 4.08. The first kappa shape index (κ1) is 10.2. The normalized spacial score (nSPS) is 11.6. The number of pyridine rings is 1. The molecule has 0 amide bonds. The van der Waals surface area contributed by atoms with Crippen LogP contribution in [0, 0.1) is 0 Å². The smallest absolute Gasteiger partial charge is 0.0431 e. The Bertz CT molecular complexity index is 244. The van der Waals surface area contributed by atoms with Crippen LogP contribution in [0.15, 0.2) is 24.5 Å². The molecule has 2 heteroatoms. The van der Waals surface area contributed by atoms with Crippen molar-refractivity contribution >= 4 is 0 Å². The van der Waals surface area contributed by atoms with E-state index in [-0.39, 0.29) is 12.0 Å². The van der Waals surface area contributed by atoms with Crippen molar-refractivity contribution in [1.82, 2.24) is 4.98 Å². The summed E-state index contributed by atoms with van der Waals surface area (Å²) >= 11 is 0. The van der Waals surface area contributed by atoms with Crippen LogP contribution in [-0.2, 0) is 5.41 Å². The number of hydrogen-bond acceptors (Lipinski definition) is 2. The summed E-state index contributed by atoms with van der Waals surface area (Å²) < 4.78 is 0. The van der Waals surface area contributed by atoms with E-state index in [0.717, 1.165) is 12.8 Å². The molecule has 1 N–H and O–H groups in total. The Balaban J connectivity index is 2.69. The summed E-state index contributed by atoms with van der Waals surface area (Å²) in [5, 5.41) is 8.76. The molecule has 0 radical (unpaired) electrons. The minimum Gasteiger partial charge on any atom is -0.396 e. The second kappa shape index (κ2) is 4.38. The van der Waals surface area contributed by atoms with Crippen LogP contribution in [0.25, 0.3) is 0 Å². The van der Waals surface area contributed by atoms with Gasteiger partial charge in [-0.25, -0.2) is 0 Å². The fraction of sp³-hybridized carbons (Fsp3) is 0.545. The van der Waals surface area contributed by atoms with Crippen molar-refractivity contribution in [2.75, 3.05) is 6.61 Å². The Morgan fingerprint density at radius 3 is 2.46 bits per heavy atom. The third kappa shape index (κ3) is 2.81. The van der Waals surface area contributed by atoms with Gasteiger partial charge >= 0.3 is 0 Å². The maximum atomic E-state index is 8.76. The van der Waals surface area contributed by atoms with E-state index in [4.69, 9.17) is 5.11 Å². The van der Waals surface area contributed by atoms with Crippen LogP contribution in [0.1, 0.15) is 32.3 Å². The SMILES string of the molecule is CC(C)(CCCO)c1ccncc1. The largest absolute Gasteiger partial charge is 0.396 e. The van der Waals surface area contributed by atoms with Crippen LogP contribution in [0.2, 0.25) is 0 Å². The fourth-order valence-corrected chi connectivity index (χ4v) is 1.47. The van der Waals surface area contributed by atoms with Crippen LogP contribution >= 0.6 is 0 Å². The molecule has 0 atom stereocenters. The van der Waals surface area contributed by atoms with Crippen LogP contribution in [0.3, 0.4) is 0 Å². The van der Waals surface area contributed by atoms with Gasteiger partial charge in [0, 0.05) is 19.0 Å². The van der Waals surface area contributed by atoms with Crippen LogP contribution in [0.5, 0.6) is 0 Å².